The molecule has 0 atom stereocenters. The van der Waals surface area contributed by atoms with E-state index in [0.29, 0.717) is 5.92 Å². The van der Waals surface area contributed by atoms with Crippen LogP contribution in [0.25, 0.3) is 0 Å². The van der Waals surface area contributed by atoms with E-state index < -0.39 is 4.92 Å². The van der Waals surface area contributed by atoms with Crippen molar-refractivity contribution < 1.29 is 4.92 Å². The van der Waals surface area contributed by atoms with Gasteiger partial charge in [-0.3, -0.25) is 0 Å². The van der Waals surface area contributed by atoms with E-state index in [2.05, 4.69) is 10.1 Å². The van der Waals surface area contributed by atoms with Gasteiger partial charge in [-0.15, -0.1) is 0 Å². The fourth-order valence-corrected chi connectivity index (χ4v) is 2.09. The molecule has 0 aromatic carbocycles. The molecule has 0 radical (unpaired) electrons. The SMILES string of the molecule is O=[N+]([O-])c1ncn(CC2CCCCC2)n1. The summed E-state index contributed by atoms with van der Waals surface area (Å²) >= 11 is 0. The van der Waals surface area contributed by atoms with Crippen molar-refractivity contribution >= 4 is 5.95 Å². The molecule has 15 heavy (non-hydrogen) atoms. The van der Waals surface area contributed by atoms with Crippen molar-refractivity contribution in [2.75, 3.05) is 0 Å². The summed E-state index contributed by atoms with van der Waals surface area (Å²) in [5, 5.41) is 14.2. The lowest BCUT2D eigenvalue weighted by molar-refractivity contribution is -0.394. The van der Waals surface area contributed by atoms with Crippen LogP contribution in [0.1, 0.15) is 32.1 Å². The van der Waals surface area contributed by atoms with Crippen molar-refractivity contribution in [3.63, 3.8) is 0 Å². The molecule has 1 fully saturated rings. The largest absolute Gasteiger partial charge is 0.490 e. The van der Waals surface area contributed by atoms with E-state index in [-0.39, 0.29) is 5.95 Å². The van der Waals surface area contributed by atoms with E-state index in [1.165, 1.54) is 38.4 Å². The van der Waals surface area contributed by atoms with Crippen molar-refractivity contribution in [1.82, 2.24) is 14.8 Å². The van der Waals surface area contributed by atoms with Crippen molar-refractivity contribution in [1.29, 1.82) is 0 Å². The van der Waals surface area contributed by atoms with Gasteiger partial charge in [-0.1, -0.05) is 24.2 Å². The van der Waals surface area contributed by atoms with Crippen LogP contribution < -0.4 is 0 Å². The van der Waals surface area contributed by atoms with E-state index in [1.807, 2.05) is 0 Å². The van der Waals surface area contributed by atoms with Gasteiger partial charge in [0.15, 0.2) is 0 Å². The zero-order valence-corrected chi connectivity index (χ0v) is 8.50. The van der Waals surface area contributed by atoms with E-state index in [0.717, 1.165) is 6.54 Å². The molecule has 0 unspecified atom stereocenters. The number of hydrogen-bond acceptors (Lipinski definition) is 4. The molecule has 1 aromatic heterocycles. The third-order valence-corrected chi connectivity index (χ3v) is 2.86. The van der Waals surface area contributed by atoms with Crippen molar-refractivity contribution in [3.05, 3.63) is 16.4 Å². The first-order valence-electron chi connectivity index (χ1n) is 5.29. The van der Waals surface area contributed by atoms with Gasteiger partial charge in [-0.05, 0) is 23.7 Å². The first-order valence-corrected chi connectivity index (χ1v) is 5.29. The average molecular weight is 210 g/mol. The van der Waals surface area contributed by atoms with Gasteiger partial charge in [0.25, 0.3) is 0 Å². The molecular weight excluding hydrogens is 196 g/mol. The lowest BCUT2D eigenvalue weighted by Crippen LogP contribution is -2.14. The van der Waals surface area contributed by atoms with Gasteiger partial charge < -0.3 is 10.1 Å². The average Bonchev–Trinajstić information content (AvgIpc) is 2.68. The summed E-state index contributed by atoms with van der Waals surface area (Å²) in [5.41, 5.74) is 0. The summed E-state index contributed by atoms with van der Waals surface area (Å²) < 4.78 is 1.59. The predicted molar refractivity (Wildman–Crippen MR) is 53.3 cm³/mol. The normalized spacial score (nSPS) is 17.9. The summed E-state index contributed by atoms with van der Waals surface area (Å²) in [5.74, 6) is 0.311. The van der Waals surface area contributed by atoms with Crippen LogP contribution in [0.5, 0.6) is 0 Å². The Kier molecular flexibility index (Phi) is 2.94. The van der Waals surface area contributed by atoms with Crippen LogP contribution in [0, 0.1) is 16.0 Å². The van der Waals surface area contributed by atoms with Gasteiger partial charge >= 0.3 is 5.95 Å². The van der Waals surface area contributed by atoms with Crippen molar-refractivity contribution in [2.24, 2.45) is 5.92 Å². The maximum Gasteiger partial charge on any atom is 0.490 e. The van der Waals surface area contributed by atoms with Gasteiger partial charge in [-0.2, -0.15) is 4.68 Å². The number of nitrogens with zero attached hydrogens (tertiary/aromatic N) is 4. The first-order chi connectivity index (χ1) is 7.25. The van der Waals surface area contributed by atoms with Crippen LogP contribution in [-0.2, 0) is 6.54 Å². The molecule has 6 heteroatoms. The molecule has 0 aliphatic heterocycles. The maximum atomic E-state index is 10.4. The molecule has 0 N–H and O–H groups in total. The fraction of sp³-hybridized carbons (Fsp3) is 0.778. The molecule has 1 aliphatic carbocycles. The van der Waals surface area contributed by atoms with Crippen LogP contribution in [0.2, 0.25) is 0 Å². The predicted octanol–water partition coefficient (Wildman–Crippen LogP) is 1.77. The Bertz CT molecular complexity index is 344. The highest BCUT2D eigenvalue weighted by Gasteiger charge is 2.18. The quantitative estimate of drug-likeness (QED) is 0.562. The lowest BCUT2D eigenvalue weighted by Gasteiger charge is -2.19. The van der Waals surface area contributed by atoms with Gasteiger partial charge in [0.2, 0.25) is 6.33 Å². The second-order valence-corrected chi connectivity index (χ2v) is 4.03. The van der Waals surface area contributed by atoms with Gasteiger partial charge in [0.1, 0.15) is 0 Å². The van der Waals surface area contributed by atoms with Gasteiger partial charge in [0.05, 0.1) is 6.54 Å². The Morgan fingerprint density at radius 2 is 2.20 bits per heavy atom. The maximum absolute atomic E-state index is 10.4. The molecule has 0 saturated heterocycles. The lowest BCUT2D eigenvalue weighted by atomic mass is 9.89. The minimum atomic E-state index is -0.558. The number of rotatable bonds is 3. The number of nitro groups is 1. The molecule has 1 heterocycles. The standard InChI is InChI=1S/C9H14N4O2/c14-13(15)9-10-7-12(11-9)6-8-4-2-1-3-5-8/h7-8H,1-6H2. The summed E-state index contributed by atoms with van der Waals surface area (Å²) in [6, 6.07) is 0. The number of aromatic nitrogens is 3. The molecule has 2 rings (SSSR count). The molecule has 6 nitrogen and oxygen atoms in total. The summed E-state index contributed by atoms with van der Waals surface area (Å²) in [6.45, 7) is 0.765. The Balaban J connectivity index is 1.94. The highest BCUT2D eigenvalue weighted by Crippen LogP contribution is 2.24. The Morgan fingerprint density at radius 3 is 2.80 bits per heavy atom. The molecule has 1 aromatic rings. The van der Waals surface area contributed by atoms with E-state index >= 15 is 0 Å². The fourth-order valence-electron chi connectivity index (χ4n) is 2.09. The minimum Gasteiger partial charge on any atom is -0.390 e. The minimum absolute atomic E-state index is 0.300. The molecular formula is C9H14N4O2. The summed E-state index contributed by atoms with van der Waals surface area (Å²) in [4.78, 5) is 13.4. The second kappa shape index (κ2) is 4.37. The van der Waals surface area contributed by atoms with Crippen molar-refractivity contribution in [3.8, 4) is 0 Å². The monoisotopic (exact) mass is 210 g/mol. The van der Waals surface area contributed by atoms with Gasteiger partial charge in [0, 0.05) is 5.10 Å². The molecule has 1 aliphatic rings. The molecule has 0 bridgehead atoms. The first kappa shape index (κ1) is 10.1. The van der Waals surface area contributed by atoms with Crippen LogP contribution in [0.3, 0.4) is 0 Å². The van der Waals surface area contributed by atoms with E-state index in [9.17, 15) is 10.1 Å². The molecule has 0 amide bonds. The van der Waals surface area contributed by atoms with E-state index in [1.54, 1.807) is 4.68 Å². The van der Waals surface area contributed by atoms with Crippen LogP contribution in [0.4, 0.5) is 5.95 Å². The van der Waals surface area contributed by atoms with Gasteiger partial charge in [-0.25, -0.2) is 0 Å². The molecule has 1 saturated carbocycles. The Labute approximate surface area is 87.5 Å². The van der Waals surface area contributed by atoms with Crippen LogP contribution >= 0.6 is 0 Å². The van der Waals surface area contributed by atoms with E-state index in [4.69, 9.17) is 0 Å². The van der Waals surface area contributed by atoms with Crippen LogP contribution in [0.15, 0.2) is 6.33 Å². The van der Waals surface area contributed by atoms with Crippen LogP contribution in [-0.4, -0.2) is 19.7 Å². The Hall–Kier alpha value is -1.46. The molecule has 0 spiro atoms. The summed E-state index contributed by atoms with van der Waals surface area (Å²) in [6.07, 6.45) is 7.70. The zero-order chi connectivity index (χ0) is 10.7. The Morgan fingerprint density at radius 1 is 1.47 bits per heavy atom. The zero-order valence-electron chi connectivity index (χ0n) is 8.50. The smallest absolute Gasteiger partial charge is 0.390 e. The number of hydrogen-bond donors (Lipinski definition) is 0. The molecule has 82 valence electrons. The van der Waals surface area contributed by atoms with Crippen molar-refractivity contribution in [2.45, 2.75) is 38.6 Å². The third-order valence-electron chi connectivity index (χ3n) is 2.86. The summed E-state index contributed by atoms with van der Waals surface area (Å²) in [7, 11) is 0. The third kappa shape index (κ3) is 2.51. The second-order valence-electron chi connectivity index (χ2n) is 4.03. The highest BCUT2D eigenvalue weighted by atomic mass is 16.6. The highest BCUT2D eigenvalue weighted by molar-refractivity contribution is 4.96. The topological polar surface area (TPSA) is 73.8 Å².